The Morgan fingerprint density at radius 1 is 1.19 bits per heavy atom. The first-order valence-corrected chi connectivity index (χ1v) is 11.0. The summed E-state index contributed by atoms with van der Waals surface area (Å²) in [7, 11) is -0.545. The van der Waals surface area contributed by atoms with Crippen LogP contribution in [0, 0.1) is 0 Å². The normalized spacial score (nSPS) is 22.5. The Kier molecular flexibility index (Phi) is 6.40. The summed E-state index contributed by atoms with van der Waals surface area (Å²) in [5.41, 5.74) is -0.328. The second-order valence-corrected chi connectivity index (χ2v) is 10.6. The minimum Gasteiger partial charge on any atom is -0.444 e. The maximum atomic E-state index is 12.8. The van der Waals surface area contributed by atoms with E-state index in [1.54, 1.807) is 23.1 Å². The molecule has 7 nitrogen and oxygen atoms in total. The molecule has 1 N–H and O–H groups in total. The van der Waals surface area contributed by atoms with Crippen LogP contribution in [0.5, 0.6) is 0 Å². The molecule has 0 spiro atoms. The monoisotopic (exact) mass is 450 g/mol. The minimum atomic E-state index is -0.551. The minimum absolute atomic E-state index is 0.154. The standard InChI is InChI=1S/C22H32BClN2O5/c1-20(2,3)29-19(28)26-11-10-15(13-26)25-18(27)16-9-8-14(12-17(16)24)23-30-21(4,5)22(6,7)31-23/h8-9,12,15H,10-11,13H2,1-7H3,(H,25,27)/t15-/m0/s1. The fourth-order valence-corrected chi connectivity index (χ4v) is 3.75. The molecule has 0 saturated carbocycles. The van der Waals surface area contributed by atoms with Crippen LogP contribution in [0.3, 0.4) is 0 Å². The van der Waals surface area contributed by atoms with Crippen LogP contribution < -0.4 is 10.8 Å². The lowest BCUT2D eigenvalue weighted by Gasteiger charge is -2.32. The topological polar surface area (TPSA) is 77.1 Å². The van der Waals surface area contributed by atoms with Crippen molar-refractivity contribution in [2.24, 2.45) is 0 Å². The third kappa shape index (κ3) is 5.36. The molecule has 3 rings (SSSR count). The molecule has 2 amide bonds. The highest BCUT2D eigenvalue weighted by molar-refractivity contribution is 6.62. The van der Waals surface area contributed by atoms with E-state index >= 15 is 0 Å². The average molecular weight is 451 g/mol. The number of carbonyl (C=O) groups excluding carboxylic acids is 2. The van der Waals surface area contributed by atoms with Gasteiger partial charge in [-0.1, -0.05) is 17.7 Å². The maximum Gasteiger partial charge on any atom is 0.494 e. The van der Waals surface area contributed by atoms with Gasteiger partial charge in [0.1, 0.15) is 5.60 Å². The van der Waals surface area contributed by atoms with Crippen molar-refractivity contribution in [2.45, 2.75) is 77.7 Å². The molecule has 9 heteroatoms. The summed E-state index contributed by atoms with van der Waals surface area (Å²) in [5, 5.41) is 3.29. The number of nitrogens with one attached hydrogen (secondary N) is 1. The Morgan fingerprint density at radius 2 is 1.81 bits per heavy atom. The summed E-state index contributed by atoms with van der Waals surface area (Å²) >= 11 is 6.43. The van der Waals surface area contributed by atoms with Crippen molar-refractivity contribution in [2.75, 3.05) is 13.1 Å². The van der Waals surface area contributed by atoms with Crippen LogP contribution in [-0.2, 0) is 14.0 Å². The van der Waals surface area contributed by atoms with E-state index in [4.69, 9.17) is 25.6 Å². The van der Waals surface area contributed by atoms with Crippen molar-refractivity contribution in [3.63, 3.8) is 0 Å². The van der Waals surface area contributed by atoms with E-state index in [9.17, 15) is 9.59 Å². The van der Waals surface area contributed by atoms with Gasteiger partial charge in [0.2, 0.25) is 0 Å². The maximum absolute atomic E-state index is 12.8. The quantitative estimate of drug-likeness (QED) is 0.714. The number of carbonyl (C=O) groups is 2. The molecule has 2 heterocycles. The average Bonchev–Trinajstić information content (AvgIpc) is 3.15. The van der Waals surface area contributed by atoms with E-state index in [0.29, 0.717) is 30.1 Å². The molecule has 0 radical (unpaired) electrons. The van der Waals surface area contributed by atoms with E-state index in [-0.39, 0.29) is 18.0 Å². The van der Waals surface area contributed by atoms with Crippen molar-refractivity contribution in [3.8, 4) is 0 Å². The second kappa shape index (κ2) is 8.30. The number of halogens is 1. The number of rotatable bonds is 3. The largest absolute Gasteiger partial charge is 0.494 e. The first-order valence-electron chi connectivity index (χ1n) is 10.6. The van der Waals surface area contributed by atoms with E-state index < -0.39 is 23.9 Å². The van der Waals surface area contributed by atoms with Crippen LogP contribution >= 0.6 is 11.6 Å². The number of hydrogen-bond acceptors (Lipinski definition) is 5. The van der Waals surface area contributed by atoms with E-state index in [2.05, 4.69) is 5.32 Å². The van der Waals surface area contributed by atoms with Gasteiger partial charge in [-0.05, 0) is 72.5 Å². The van der Waals surface area contributed by atoms with Gasteiger partial charge in [0.05, 0.1) is 21.8 Å². The molecule has 2 saturated heterocycles. The van der Waals surface area contributed by atoms with Crippen molar-refractivity contribution >= 4 is 36.2 Å². The van der Waals surface area contributed by atoms with E-state index in [1.165, 1.54) is 0 Å². The summed E-state index contributed by atoms with van der Waals surface area (Å²) in [4.78, 5) is 26.6. The SMILES string of the molecule is CC(C)(C)OC(=O)N1CC[C@H](NC(=O)c2ccc(B3OC(C)(C)C(C)(C)O3)cc2Cl)C1. The Morgan fingerprint density at radius 3 is 2.35 bits per heavy atom. The molecule has 1 aromatic carbocycles. The van der Waals surface area contributed by atoms with Gasteiger partial charge >= 0.3 is 13.2 Å². The summed E-state index contributed by atoms with van der Waals surface area (Å²) in [6, 6.07) is 5.03. The molecule has 0 bridgehead atoms. The summed E-state index contributed by atoms with van der Waals surface area (Å²) < 4.78 is 17.5. The predicted molar refractivity (Wildman–Crippen MR) is 121 cm³/mol. The number of likely N-dealkylation sites (tertiary alicyclic amines) is 1. The summed E-state index contributed by atoms with van der Waals surface area (Å²) in [6.07, 6.45) is 0.295. The molecule has 2 aliphatic heterocycles. The lowest BCUT2D eigenvalue weighted by Crippen LogP contribution is -2.41. The lowest BCUT2D eigenvalue weighted by molar-refractivity contribution is 0.00578. The Labute approximate surface area is 189 Å². The summed E-state index contributed by atoms with van der Waals surface area (Å²) in [6.45, 7) is 14.4. The third-order valence-electron chi connectivity index (χ3n) is 5.94. The smallest absolute Gasteiger partial charge is 0.444 e. The van der Waals surface area contributed by atoms with Crippen molar-refractivity contribution in [3.05, 3.63) is 28.8 Å². The molecular weight excluding hydrogens is 419 g/mol. The van der Waals surface area contributed by atoms with Gasteiger partial charge in [-0.3, -0.25) is 4.79 Å². The van der Waals surface area contributed by atoms with Crippen molar-refractivity contribution in [1.82, 2.24) is 10.2 Å². The van der Waals surface area contributed by atoms with E-state index in [1.807, 2.05) is 48.5 Å². The number of ether oxygens (including phenoxy) is 1. The molecule has 2 fully saturated rings. The lowest BCUT2D eigenvalue weighted by atomic mass is 9.79. The van der Waals surface area contributed by atoms with Crippen LogP contribution in [0.2, 0.25) is 5.02 Å². The van der Waals surface area contributed by atoms with Gasteiger partial charge in [-0.2, -0.15) is 0 Å². The molecule has 0 unspecified atom stereocenters. The van der Waals surface area contributed by atoms with Gasteiger partial charge in [0.15, 0.2) is 0 Å². The predicted octanol–water partition coefficient (Wildman–Crippen LogP) is 3.38. The van der Waals surface area contributed by atoms with Crippen LogP contribution in [-0.4, -0.2) is 60.0 Å². The molecular formula is C22H32BClN2O5. The van der Waals surface area contributed by atoms with Gasteiger partial charge < -0.3 is 24.3 Å². The second-order valence-electron chi connectivity index (χ2n) is 10.2. The Bertz CT molecular complexity index is 852. The number of benzene rings is 1. The number of hydrogen-bond donors (Lipinski definition) is 1. The Hall–Kier alpha value is -1.77. The molecule has 170 valence electrons. The van der Waals surface area contributed by atoms with Gasteiger partial charge in [0.25, 0.3) is 5.91 Å². The Balaban J connectivity index is 1.61. The molecule has 1 aromatic rings. The fraction of sp³-hybridized carbons (Fsp3) is 0.636. The summed E-state index contributed by atoms with van der Waals surface area (Å²) in [5.74, 6) is -0.276. The van der Waals surface area contributed by atoms with Crippen LogP contribution in [0.4, 0.5) is 4.79 Å². The van der Waals surface area contributed by atoms with Crippen molar-refractivity contribution in [1.29, 1.82) is 0 Å². The first kappa shape index (κ1) is 23.9. The van der Waals surface area contributed by atoms with Crippen LogP contribution in [0.15, 0.2) is 18.2 Å². The highest BCUT2D eigenvalue weighted by atomic mass is 35.5. The van der Waals surface area contributed by atoms with Gasteiger partial charge in [-0.25, -0.2) is 4.79 Å². The van der Waals surface area contributed by atoms with Gasteiger partial charge in [-0.15, -0.1) is 0 Å². The fourth-order valence-electron chi connectivity index (χ4n) is 3.47. The molecule has 31 heavy (non-hydrogen) atoms. The molecule has 1 atom stereocenters. The highest BCUT2D eigenvalue weighted by Gasteiger charge is 2.51. The zero-order valence-electron chi connectivity index (χ0n) is 19.4. The number of amides is 2. The zero-order valence-corrected chi connectivity index (χ0v) is 20.1. The first-order chi connectivity index (χ1) is 14.2. The van der Waals surface area contributed by atoms with Crippen molar-refractivity contribution < 1.29 is 23.6 Å². The van der Waals surface area contributed by atoms with Crippen LogP contribution in [0.1, 0.15) is 65.2 Å². The third-order valence-corrected chi connectivity index (χ3v) is 6.25. The molecule has 0 aromatic heterocycles. The van der Waals surface area contributed by atoms with Crippen LogP contribution in [0.25, 0.3) is 0 Å². The van der Waals surface area contributed by atoms with Gasteiger partial charge in [0, 0.05) is 19.1 Å². The molecule has 0 aliphatic carbocycles. The number of nitrogens with zero attached hydrogens (tertiary/aromatic N) is 1. The zero-order chi connectivity index (χ0) is 23.2. The highest BCUT2D eigenvalue weighted by Crippen LogP contribution is 2.36. The molecule has 2 aliphatic rings. The van der Waals surface area contributed by atoms with E-state index in [0.717, 1.165) is 5.46 Å².